The van der Waals surface area contributed by atoms with Crippen molar-refractivity contribution in [3.8, 4) is 0 Å². The van der Waals surface area contributed by atoms with Crippen molar-refractivity contribution in [3.63, 3.8) is 0 Å². The van der Waals surface area contributed by atoms with E-state index in [9.17, 15) is 0 Å². The predicted octanol–water partition coefficient (Wildman–Crippen LogP) is 2.38. The largest absolute Gasteiger partial charge is 0.302 e. The lowest BCUT2D eigenvalue weighted by Crippen LogP contribution is -2.25. The summed E-state index contributed by atoms with van der Waals surface area (Å²) < 4.78 is 8.81. The molecule has 86 valence electrons. The van der Waals surface area contributed by atoms with Gasteiger partial charge in [0.15, 0.2) is 0 Å². The lowest BCUT2D eigenvalue weighted by molar-refractivity contribution is 0.372. The van der Waals surface area contributed by atoms with E-state index in [1.807, 2.05) is 6.08 Å². The molecule has 0 fully saturated rings. The highest BCUT2D eigenvalue weighted by Gasteiger charge is 2.16. The molecule has 0 unspecified atom stereocenters. The van der Waals surface area contributed by atoms with E-state index >= 15 is 0 Å². The molecule has 1 aromatic heterocycles. The van der Waals surface area contributed by atoms with Crippen molar-refractivity contribution < 1.29 is 0 Å². The third-order valence-electron chi connectivity index (χ3n) is 2.79. The number of allylic oxidation sites excluding steroid dienone is 1. The summed E-state index contributed by atoms with van der Waals surface area (Å²) in [7, 11) is 2.15. The van der Waals surface area contributed by atoms with Gasteiger partial charge in [-0.25, -0.2) is 0 Å². The molecule has 0 atom stereocenters. The Bertz CT molecular complexity index is 395. The van der Waals surface area contributed by atoms with Crippen LogP contribution in [0.3, 0.4) is 0 Å². The van der Waals surface area contributed by atoms with Crippen LogP contribution in [0.2, 0.25) is 0 Å². The Balaban J connectivity index is 2.16. The second-order valence-corrected chi connectivity index (χ2v) is 4.67. The first-order valence-electron chi connectivity index (χ1n) is 5.61. The lowest BCUT2D eigenvalue weighted by Gasteiger charge is -2.22. The number of aryl methyl sites for hydroxylation is 1. The highest BCUT2D eigenvalue weighted by atomic mass is 32.1. The van der Waals surface area contributed by atoms with E-state index in [-0.39, 0.29) is 0 Å². The molecule has 0 bridgehead atoms. The fourth-order valence-electron chi connectivity index (χ4n) is 1.92. The van der Waals surface area contributed by atoms with Gasteiger partial charge in [0.2, 0.25) is 0 Å². The Morgan fingerprint density at radius 2 is 2.44 bits per heavy atom. The van der Waals surface area contributed by atoms with Gasteiger partial charge in [0.25, 0.3) is 0 Å². The van der Waals surface area contributed by atoms with Gasteiger partial charge in [0, 0.05) is 13.1 Å². The molecule has 16 heavy (non-hydrogen) atoms. The van der Waals surface area contributed by atoms with Gasteiger partial charge in [-0.1, -0.05) is 12.2 Å². The van der Waals surface area contributed by atoms with Crippen LogP contribution in [0.5, 0.6) is 0 Å². The van der Waals surface area contributed by atoms with Crippen LogP contribution in [0.1, 0.15) is 24.2 Å². The number of nitrogens with zero attached hydrogens (tertiary/aromatic N) is 3. The number of hydrogen-bond acceptors (Lipinski definition) is 4. The van der Waals surface area contributed by atoms with E-state index in [1.54, 1.807) is 0 Å². The van der Waals surface area contributed by atoms with Crippen molar-refractivity contribution in [1.82, 2.24) is 13.6 Å². The fraction of sp³-hybridized carbons (Fsp3) is 0.500. The standard InChI is InChI=1S/C12H17N3S/c1-3-4-7-11-12(14-16-13-11)10-6-5-8-15(2)9-10/h3,6H,1,4-5,7-9H2,2H3. The molecule has 3 nitrogen and oxygen atoms in total. The summed E-state index contributed by atoms with van der Waals surface area (Å²) in [5.41, 5.74) is 3.58. The second kappa shape index (κ2) is 5.37. The van der Waals surface area contributed by atoms with Gasteiger partial charge in [-0.15, -0.1) is 6.58 Å². The Morgan fingerprint density at radius 1 is 1.56 bits per heavy atom. The van der Waals surface area contributed by atoms with Crippen molar-refractivity contribution >= 4 is 17.3 Å². The first-order valence-corrected chi connectivity index (χ1v) is 6.34. The minimum atomic E-state index is 0.955. The Hall–Kier alpha value is -1.00. The van der Waals surface area contributed by atoms with Gasteiger partial charge in [0.1, 0.15) is 5.69 Å². The van der Waals surface area contributed by atoms with Gasteiger partial charge in [-0.2, -0.15) is 8.75 Å². The van der Waals surface area contributed by atoms with E-state index in [4.69, 9.17) is 0 Å². The van der Waals surface area contributed by atoms with Gasteiger partial charge in [0.05, 0.1) is 17.4 Å². The maximum atomic E-state index is 4.43. The van der Waals surface area contributed by atoms with Crippen LogP contribution >= 0.6 is 11.7 Å². The van der Waals surface area contributed by atoms with Gasteiger partial charge < -0.3 is 4.90 Å². The van der Waals surface area contributed by atoms with E-state index in [0.29, 0.717) is 0 Å². The summed E-state index contributed by atoms with van der Waals surface area (Å²) in [6.45, 7) is 5.88. The Labute approximate surface area is 101 Å². The third kappa shape index (κ3) is 2.57. The molecular weight excluding hydrogens is 218 g/mol. The molecule has 0 aromatic carbocycles. The number of aromatic nitrogens is 2. The fourth-order valence-corrected chi connectivity index (χ4v) is 2.54. The van der Waals surface area contributed by atoms with Gasteiger partial charge in [-0.3, -0.25) is 0 Å². The molecule has 0 radical (unpaired) electrons. The molecule has 1 aromatic rings. The summed E-state index contributed by atoms with van der Waals surface area (Å²) >= 11 is 1.32. The van der Waals surface area contributed by atoms with E-state index < -0.39 is 0 Å². The van der Waals surface area contributed by atoms with Crippen molar-refractivity contribution in [1.29, 1.82) is 0 Å². The van der Waals surface area contributed by atoms with Crippen molar-refractivity contribution in [3.05, 3.63) is 30.1 Å². The monoisotopic (exact) mass is 235 g/mol. The molecule has 2 rings (SSSR count). The van der Waals surface area contributed by atoms with Crippen LogP contribution in [-0.4, -0.2) is 33.8 Å². The van der Waals surface area contributed by atoms with Crippen molar-refractivity contribution in [2.75, 3.05) is 20.1 Å². The quantitative estimate of drug-likeness (QED) is 0.750. The first-order chi connectivity index (χ1) is 7.81. The molecule has 2 heterocycles. The summed E-state index contributed by atoms with van der Waals surface area (Å²) in [5.74, 6) is 0. The van der Waals surface area contributed by atoms with Crippen LogP contribution in [0.25, 0.3) is 5.57 Å². The minimum absolute atomic E-state index is 0.955. The molecule has 0 spiro atoms. The summed E-state index contributed by atoms with van der Waals surface area (Å²) in [5, 5.41) is 0. The average Bonchev–Trinajstić information content (AvgIpc) is 2.74. The molecule has 0 aliphatic carbocycles. The average molecular weight is 235 g/mol. The topological polar surface area (TPSA) is 29.0 Å². The SMILES string of the molecule is C=CCCc1nsnc1C1=CCCN(C)C1. The molecule has 0 saturated carbocycles. The summed E-state index contributed by atoms with van der Waals surface area (Å²) in [6.07, 6.45) is 7.28. The highest BCUT2D eigenvalue weighted by Crippen LogP contribution is 2.22. The molecular formula is C12H17N3S. The Morgan fingerprint density at radius 3 is 3.19 bits per heavy atom. The normalized spacial score (nSPS) is 17.2. The second-order valence-electron chi connectivity index (χ2n) is 4.14. The van der Waals surface area contributed by atoms with Crippen molar-refractivity contribution in [2.45, 2.75) is 19.3 Å². The number of hydrogen-bond donors (Lipinski definition) is 0. The van der Waals surface area contributed by atoms with E-state index in [1.165, 1.54) is 17.3 Å². The van der Waals surface area contributed by atoms with Crippen LogP contribution in [-0.2, 0) is 6.42 Å². The molecule has 4 heteroatoms. The maximum absolute atomic E-state index is 4.43. The molecule has 0 N–H and O–H groups in total. The van der Waals surface area contributed by atoms with Crippen molar-refractivity contribution in [2.24, 2.45) is 0 Å². The number of rotatable bonds is 4. The zero-order valence-electron chi connectivity index (χ0n) is 9.65. The molecule has 0 amide bonds. The van der Waals surface area contributed by atoms with Crippen LogP contribution in [0.4, 0.5) is 0 Å². The first kappa shape index (κ1) is 11.5. The predicted molar refractivity (Wildman–Crippen MR) is 68.5 cm³/mol. The Kier molecular flexibility index (Phi) is 3.85. The summed E-state index contributed by atoms with van der Waals surface area (Å²) in [6, 6.07) is 0. The molecule has 1 aliphatic heterocycles. The van der Waals surface area contributed by atoms with E-state index in [2.05, 4.69) is 33.3 Å². The summed E-state index contributed by atoms with van der Waals surface area (Å²) in [4.78, 5) is 2.33. The molecule has 0 saturated heterocycles. The highest BCUT2D eigenvalue weighted by molar-refractivity contribution is 6.99. The van der Waals surface area contributed by atoms with E-state index in [0.717, 1.165) is 43.7 Å². The van der Waals surface area contributed by atoms with Crippen LogP contribution in [0, 0.1) is 0 Å². The van der Waals surface area contributed by atoms with Gasteiger partial charge >= 0.3 is 0 Å². The lowest BCUT2D eigenvalue weighted by atomic mass is 10.0. The smallest absolute Gasteiger partial charge is 0.104 e. The molecule has 1 aliphatic rings. The third-order valence-corrected chi connectivity index (χ3v) is 3.35. The number of likely N-dealkylation sites (N-methyl/N-ethyl adjacent to an activating group) is 1. The van der Waals surface area contributed by atoms with Crippen LogP contribution in [0.15, 0.2) is 18.7 Å². The minimum Gasteiger partial charge on any atom is -0.302 e. The zero-order valence-corrected chi connectivity index (χ0v) is 10.5. The van der Waals surface area contributed by atoms with Gasteiger partial charge in [-0.05, 0) is 31.9 Å². The zero-order chi connectivity index (χ0) is 11.4. The maximum Gasteiger partial charge on any atom is 0.104 e. The van der Waals surface area contributed by atoms with Crippen LogP contribution < -0.4 is 0 Å².